The lowest BCUT2D eigenvalue weighted by molar-refractivity contribution is -0.0750. The molecule has 11 heteroatoms. The number of ether oxygens (including phenoxy) is 4. The van der Waals surface area contributed by atoms with E-state index in [0.29, 0.717) is 37.4 Å². The molecule has 0 fully saturated rings. The van der Waals surface area contributed by atoms with Gasteiger partial charge in [-0.15, -0.1) is 0 Å². The van der Waals surface area contributed by atoms with E-state index in [1.807, 2.05) is 93.6 Å². The molecule has 0 heterocycles. The molecule has 3 aromatic carbocycles. The van der Waals surface area contributed by atoms with Gasteiger partial charge in [-0.1, -0.05) is 127 Å². The Bertz CT molecular complexity index is 2050. The Balaban J connectivity index is 1.99. The molecule has 0 saturated carbocycles. The van der Waals surface area contributed by atoms with E-state index in [4.69, 9.17) is 27.6 Å². The molecule has 64 heavy (non-hydrogen) atoms. The molecule has 0 aromatic heterocycles. The zero-order chi connectivity index (χ0) is 48.0. The first-order chi connectivity index (χ1) is 29.9. The van der Waals surface area contributed by atoms with E-state index < -0.39 is 42.5 Å². The summed E-state index contributed by atoms with van der Waals surface area (Å²) in [5.74, 6) is 0.437. The van der Waals surface area contributed by atoms with Gasteiger partial charge in [-0.2, -0.15) is 8.42 Å². The van der Waals surface area contributed by atoms with Crippen LogP contribution in [0.3, 0.4) is 0 Å². The summed E-state index contributed by atoms with van der Waals surface area (Å²) in [5, 5.41) is 12.4. The van der Waals surface area contributed by atoms with Gasteiger partial charge in [-0.3, -0.25) is 4.18 Å². The summed E-state index contributed by atoms with van der Waals surface area (Å²) >= 11 is 0. The van der Waals surface area contributed by atoms with E-state index in [1.54, 1.807) is 34.1 Å². The first kappa shape index (κ1) is 54.8. The zero-order valence-corrected chi connectivity index (χ0v) is 43.4. The zero-order valence-electron chi connectivity index (χ0n) is 41.6. The molecule has 0 aliphatic carbocycles. The van der Waals surface area contributed by atoms with Crippen LogP contribution in [0.25, 0.3) is 0 Å². The summed E-state index contributed by atoms with van der Waals surface area (Å²) in [5.41, 5.74) is 5.24. The average Bonchev–Trinajstić information content (AvgIpc) is 3.22. The first-order valence-electron chi connectivity index (χ1n) is 22.7. The molecule has 0 bridgehead atoms. The molecule has 8 atom stereocenters. The highest BCUT2D eigenvalue weighted by Crippen LogP contribution is 2.40. The summed E-state index contributed by atoms with van der Waals surface area (Å²) in [6.07, 6.45) is 6.63. The number of methoxy groups -OCH3 is 2. The number of hydrogen-bond donors (Lipinski definition) is 1. The van der Waals surface area contributed by atoms with Crippen molar-refractivity contribution >= 4 is 18.4 Å². The maximum atomic E-state index is 14.0. The molecule has 0 saturated heterocycles. The molecule has 0 radical (unpaired) electrons. The summed E-state index contributed by atoms with van der Waals surface area (Å²) in [6, 6.07) is 19.3. The third-order valence-electron chi connectivity index (χ3n) is 12.8. The number of hydrogen-bond acceptors (Lipinski definition) is 9. The van der Waals surface area contributed by atoms with Gasteiger partial charge in [0.15, 0.2) is 8.32 Å². The van der Waals surface area contributed by atoms with Gasteiger partial charge in [0.1, 0.15) is 11.5 Å². The maximum absolute atomic E-state index is 14.0. The van der Waals surface area contributed by atoms with Crippen LogP contribution in [-0.4, -0.2) is 67.6 Å². The highest BCUT2D eigenvalue weighted by Gasteiger charge is 2.41. The van der Waals surface area contributed by atoms with Crippen molar-refractivity contribution in [2.45, 2.75) is 137 Å². The second-order valence-electron chi connectivity index (χ2n) is 19.4. The van der Waals surface area contributed by atoms with Gasteiger partial charge in [0.25, 0.3) is 10.1 Å². The molecule has 3 aromatic rings. The van der Waals surface area contributed by atoms with Crippen LogP contribution in [-0.2, 0) is 41.4 Å². The molecule has 3 rings (SSSR count). The fraction of sp³-hybridized carbons (Fsp3) is 0.547. The van der Waals surface area contributed by atoms with Crippen molar-refractivity contribution in [1.82, 2.24) is 0 Å². The number of benzene rings is 3. The van der Waals surface area contributed by atoms with Gasteiger partial charge in [-0.05, 0) is 105 Å². The van der Waals surface area contributed by atoms with Gasteiger partial charge in [-0.25, -0.2) is 0 Å². The third kappa shape index (κ3) is 16.1. The van der Waals surface area contributed by atoms with Crippen LogP contribution in [0, 0.1) is 50.4 Å². The minimum absolute atomic E-state index is 0.0142. The van der Waals surface area contributed by atoms with Crippen LogP contribution in [0.1, 0.15) is 89.6 Å². The predicted octanol–water partition coefficient (Wildman–Crippen LogP) is 12.1. The van der Waals surface area contributed by atoms with Gasteiger partial charge in [0.2, 0.25) is 0 Å². The Kier molecular flexibility index (Phi) is 21.2. The monoisotopic (exact) mass is 921 g/mol. The number of rotatable bonds is 26. The van der Waals surface area contributed by atoms with Crippen molar-refractivity contribution in [2.24, 2.45) is 29.6 Å². The Hall–Kier alpha value is -3.55. The van der Waals surface area contributed by atoms with Crippen LogP contribution in [0.15, 0.2) is 102 Å². The summed E-state index contributed by atoms with van der Waals surface area (Å²) in [6.45, 7) is 32.1. The molecule has 0 spiro atoms. The van der Waals surface area contributed by atoms with E-state index in [1.165, 1.54) is 0 Å². The van der Waals surface area contributed by atoms with Crippen molar-refractivity contribution < 1.29 is 41.1 Å². The Labute approximate surface area is 388 Å². The molecular formula is C53H80O9SSi. The largest absolute Gasteiger partial charge is 0.497 e. The highest BCUT2D eigenvalue weighted by molar-refractivity contribution is 7.86. The van der Waals surface area contributed by atoms with Gasteiger partial charge in [0.05, 0.1) is 63.9 Å². The second kappa shape index (κ2) is 24.8. The van der Waals surface area contributed by atoms with Crippen molar-refractivity contribution in [3.05, 3.63) is 125 Å². The molecule has 0 aliphatic heterocycles. The van der Waals surface area contributed by atoms with Gasteiger partial charge >= 0.3 is 0 Å². The molecule has 0 aliphatic rings. The lowest BCUT2D eigenvalue weighted by Gasteiger charge is -2.42. The van der Waals surface area contributed by atoms with Crippen molar-refractivity contribution in [2.75, 3.05) is 27.4 Å². The van der Waals surface area contributed by atoms with E-state index in [-0.39, 0.29) is 40.4 Å². The molecule has 356 valence electrons. The Morgan fingerprint density at radius 1 is 0.812 bits per heavy atom. The Morgan fingerprint density at radius 2 is 1.34 bits per heavy atom. The van der Waals surface area contributed by atoms with E-state index >= 15 is 0 Å². The van der Waals surface area contributed by atoms with Crippen LogP contribution in [0.2, 0.25) is 18.1 Å². The first-order valence-corrected chi connectivity index (χ1v) is 27.0. The van der Waals surface area contributed by atoms with Crippen molar-refractivity contribution in [1.29, 1.82) is 0 Å². The highest BCUT2D eigenvalue weighted by atomic mass is 32.2. The molecule has 0 amide bonds. The minimum Gasteiger partial charge on any atom is -0.497 e. The van der Waals surface area contributed by atoms with Gasteiger partial charge in [0, 0.05) is 23.7 Å². The molecule has 0 unspecified atom stereocenters. The van der Waals surface area contributed by atoms with Crippen molar-refractivity contribution in [3.63, 3.8) is 0 Å². The van der Waals surface area contributed by atoms with Crippen LogP contribution < -0.4 is 9.47 Å². The van der Waals surface area contributed by atoms with Crippen LogP contribution in [0.5, 0.6) is 11.5 Å². The van der Waals surface area contributed by atoms with E-state index in [0.717, 1.165) is 33.8 Å². The second-order valence-corrected chi connectivity index (χ2v) is 25.7. The third-order valence-corrected chi connectivity index (χ3v) is 18.8. The molecule has 9 nitrogen and oxygen atoms in total. The summed E-state index contributed by atoms with van der Waals surface area (Å²) < 4.78 is 64.8. The van der Waals surface area contributed by atoms with Crippen molar-refractivity contribution in [3.8, 4) is 11.5 Å². The lowest BCUT2D eigenvalue weighted by Crippen LogP contribution is -2.47. The van der Waals surface area contributed by atoms with E-state index in [9.17, 15) is 13.5 Å². The van der Waals surface area contributed by atoms with Gasteiger partial charge < -0.3 is 28.5 Å². The standard InChI is InChI=1S/C53H80O9SSi/c1-17-18-19-38(4)51(60-34-45-22-26-48(58-14)27-23-45)43(9)49(54)46(35-61-63(55,56)52-40(6)29-36(2)30-41(52)7)31-37(3)28-39(5)50(62-64(15,16)53(10,11)12)42(8)32-59-33-44-20-24-47(57-13)25-21-44/h17-30,38-39,42-43,46,49-51,54H,1,31-35H2,2-16H3/b19-18-,37-28-/t38-,39-,42-,43-,46-,49-,50+,51-/m0/s1. The molecular weight excluding hydrogens is 841 g/mol. The average molecular weight is 921 g/mol. The SMILES string of the molecule is C=C/C=C\[C@H](C)[C@H](OCc1ccc(OC)cc1)[C@@H](C)[C@H](O)[C@H](COS(=O)(=O)c1c(C)cc(C)cc1C)C/C(C)=C\[C@H](C)[C@@H](O[Si](C)(C)C(C)(C)C)[C@@H](C)COCc1ccc(OC)cc1. The smallest absolute Gasteiger partial charge is 0.297 e. The van der Waals surface area contributed by atoms with Crippen LogP contribution in [0.4, 0.5) is 0 Å². The number of aryl methyl sites for hydroxylation is 3. The van der Waals surface area contributed by atoms with E-state index in [2.05, 4.69) is 67.3 Å². The minimum atomic E-state index is -4.17. The fourth-order valence-electron chi connectivity index (χ4n) is 8.22. The lowest BCUT2D eigenvalue weighted by atomic mass is 9.81. The summed E-state index contributed by atoms with van der Waals surface area (Å²) in [7, 11) is -3.11. The summed E-state index contributed by atoms with van der Waals surface area (Å²) in [4.78, 5) is 0.165. The topological polar surface area (TPSA) is 110 Å². The number of aliphatic hydroxyl groups excluding tert-OH is 1. The fourth-order valence-corrected chi connectivity index (χ4v) is 11.1. The number of aliphatic hydroxyl groups is 1. The molecule has 1 N–H and O–H groups in total. The Morgan fingerprint density at radius 3 is 1.84 bits per heavy atom. The quantitative estimate of drug-likeness (QED) is 0.0364. The number of allylic oxidation sites excluding steroid dienone is 3. The normalized spacial score (nSPS) is 16.7. The predicted molar refractivity (Wildman–Crippen MR) is 264 cm³/mol. The maximum Gasteiger partial charge on any atom is 0.297 e. The van der Waals surface area contributed by atoms with Crippen LogP contribution >= 0.6 is 0 Å².